The van der Waals surface area contributed by atoms with Gasteiger partial charge in [0.25, 0.3) is 0 Å². The molecule has 0 spiro atoms. The lowest BCUT2D eigenvalue weighted by Crippen LogP contribution is -2.14. The second-order valence-electron chi connectivity index (χ2n) is 4.15. The summed E-state index contributed by atoms with van der Waals surface area (Å²) in [6.07, 6.45) is 1.35. The second-order valence-corrected chi connectivity index (χ2v) is 4.15. The third kappa shape index (κ3) is 4.03. The van der Waals surface area contributed by atoms with Crippen molar-refractivity contribution in [1.82, 2.24) is 14.8 Å². The van der Waals surface area contributed by atoms with Crippen LogP contribution in [-0.2, 0) is 27.4 Å². The highest BCUT2D eigenvalue weighted by molar-refractivity contribution is 5.89. The Balaban J connectivity index is 1.85. The molecule has 0 unspecified atom stereocenters. The molecule has 2 rings (SSSR count). The first kappa shape index (κ1) is 14.5. The molecule has 2 aromatic rings. The van der Waals surface area contributed by atoms with E-state index in [1.54, 1.807) is 24.3 Å². The summed E-state index contributed by atoms with van der Waals surface area (Å²) in [5.74, 6) is -0.777. The normalized spacial score (nSPS) is 10.1. The summed E-state index contributed by atoms with van der Waals surface area (Å²) in [5.41, 5.74) is 6.53. The number of carbonyl (C=O) groups excluding carboxylic acids is 2. The highest BCUT2D eigenvalue weighted by Crippen LogP contribution is 2.07. The Bertz CT molecular complexity index is 636. The number of anilines is 1. The van der Waals surface area contributed by atoms with Crippen LogP contribution >= 0.6 is 0 Å². The number of aromatic nitrogens is 3. The van der Waals surface area contributed by atoms with Crippen LogP contribution in [0.3, 0.4) is 0 Å². The number of methoxy groups -OCH3 is 1. The molecular formula is C13H14N4O4. The molecule has 0 saturated carbocycles. The highest BCUT2D eigenvalue weighted by atomic mass is 16.5. The van der Waals surface area contributed by atoms with Crippen LogP contribution in [-0.4, -0.2) is 33.8 Å². The molecule has 1 aromatic heterocycles. The summed E-state index contributed by atoms with van der Waals surface area (Å²) in [6, 6.07) is 6.58. The van der Waals surface area contributed by atoms with E-state index in [4.69, 9.17) is 10.5 Å². The molecule has 2 N–H and O–H groups in total. The van der Waals surface area contributed by atoms with Crippen molar-refractivity contribution in [2.75, 3.05) is 12.8 Å². The first-order valence-electron chi connectivity index (χ1n) is 6.06. The van der Waals surface area contributed by atoms with Gasteiger partial charge in [0.15, 0.2) is 0 Å². The number of rotatable bonds is 5. The third-order valence-electron chi connectivity index (χ3n) is 2.62. The molecule has 8 nitrogen and oxygen atoms in total. The Morgan fingerprint density at radius 3 is 2.57 bits per heavy atom. The van der Waals surface area contributed by atoms with E-state index in [0.29, 0.717) is 5.56 Å². The van der Waals surface area contributed by atoms with E-state index in [-0.39, 0.29) is 19.1 Å². The summed E-state index contributed by atoms with van der Waals surface area (Å²) in [4.78, 5) is 26.6. The molecule has 0 fully saturated rings. The molecule has 1 aromatic carbocycles. The fourth-order valence-corrected chi connectivity index (χ4v) is 1.58. The average molecular weight is 290 g/mol. The number of nitrogens with two attached hydrogens (primary N) is 1. The molecule has 1 heterocycles. The van der Waals surface area contributed by atoms with Crippen molar-refractivity contribution in [2.45, 2.75) is 13.2 Å². The maximum Gasteiger partial charge on any atom is 0.337 e. The molecule has 0 radical (unpaired) electrons. The van der Waals surface area contributed by atoms with Crippen molar-refractivity contribution < 1.29 is 19.1 Å². The van der Waals surface area contributed by atoms with Gasteiger partial charge in [-0.15, -0.1) is 5.10 Å². The number of carbonyl (C=O) groups is 2. The smallest absolute Gasteiger partial charge is 0.337 e. The van der Waals surface area contributed by atoms with Crippen molar-refractivity contribution in [2.24, 2.45) is 0 Å². The largest absolute Gasteiger partial charge is 0.465 e. The summed E-state index contributed by atoms with van der Waals surface area (Å²) < 4.78 is 11.0. The van der Waals surface area contributed by atoms with E-state index < -0.39 is 11.9 Å². The van der Waals surface area contributed by atoms with Gasteiger partial charge in [-0.3, -0.25) is 4.79 Å². The van der Waals surface area contributed by atoms with Crippen molar-refractivity contribution >= 4 is 17.9 Å². The SMILES string of the molecule is COC(=O)c1ccc(COC(=O)Cn2cnc(N)n2)cc1. The van der Waals surface area contributed by atoms with Crippen molar-refractivity contribution in [3.63, 3.8) is 0 Å². The molecular weight excluding hydrogens is 276 g/mol. The number of benzene rings is 1. The Kier molecular flexibility index (Phi) is 4.50. The number of nitrogen functional groups attached to an aromatic ring is 1. The van der Waals surface area contributed by atoms with Crippen LogP contribution in [0.5, 0.6) is 0 Å². The number of esters is 2. The van der Waals surface area contributed by atoms with Gasteiger partial charge in [-0.1, -0.05) is 12.1 Å². The van der Waals surface area contributed by atoms with Crippen molar-refractivity contribution in [3.8, 4) is 0 Å². The van der Waals surface area contributed by atoms with E-state index in [0.717, 1.165) is 5.56 Å². The number of hydrogen-bond acceptors (Lipinski definition) is 7. The monoisotopic (exact) mass is 290 g/mol. The topological polar surface area (TPSA) is 109 Å². The maximum atomic E-state index is 11.6. The molecule has 0 saturated heterocycles. The predicted octanol–water partition coefficient (Wildman–Crippen LogP) is 0.390. The van der Waals surface area contributed by atoms with Crippen LogP contribution in [0, 0.1) is 0 Å². The molecule has 8 heteroatoms. The van der Waals surface area contributed by atoms with Crippen LogP contribution in [0.2, 0.25) is 0 Å². The Morgan fingerprint density at radius 2 is 2.00 bits per heavy atom. The van der Waals surface area contributed by atoms with Crippen LogP contribution in [0.1, 0.15) is 15.9 Å². The fourth-order valence-electron chi connectivity index (χ4n) is 1.58. The standard InChI is InChI=1S/C13H14N4O4/c1-20-12(19)10-4-2-9(3-5-10)7-21-11(18)6-17-8-15-13(14)16-17/h2-5,8H,6-7H2,1H3,(H2,14,16). The van der Waals surface area contributed by atoms with Crippen molar-refractivity contribution in [3.05, 3.63) is 41.7 Å². The fraction of sp³-hybridized carbons (Fsp3) is 0.231. The zero-order valence-electron chi connectivity index (χ0n) is 11.4. The maximum absolute atomic E-state index is 11.6. The molecule has 0 aliphatic rings. The van der Waals surface area contributed by atoms with E-state index in [2.05, 4.69) is 14.8 Å². The van der Waals surface area contributed by atoms with Crippen LogP contribution < -0.4 is 5.73 Å². The van der Waals surface area contributed by atoms with E-state index in [1.807, 2.05) is 0 Å². The molecule has 21 heavy (non-hydrogen) atoms. The van der Waals surface area contributed by atoms with Gasteiger partial charge >= 0.3 is 11.9 Å². The van der Waals surface area contributed by atoms with E-state index in [9.17, 15) is 9.59 Å². The summed E-state index contributed by atoms with van der Waals surface area (Å²) in [6.45, 7) is 0.0366. The van der Waals surface area contributed by atoms with Gasteiger partial charge in [0.2, 0.25) is 5.95 Å². The number of hydrogen-bond donors (Lipinski definition) is 1. The molecule has 0 atom stereocenters. The minimum absolute atomic E-state index is 0.0650. The summed E-state index contributed by atoms with van der Waals surface area (Å²) >= 11 is 0. The average Bonchev–Trinajstić information content (AvgIpc) is 2.90. The van der Waals surface area contributed by atoms with Gasteiger partial charge in [0.1, 0.15) is 19.5 Å². The minimum Gasteiger partial charge on any atom is -0.465 e. The number of nitrogens with zero attached hydrogens (tertiary/aromatic N) is 3. The molecule has 0 bridgehead atoms. The Labute approximate surface area is 120 Å². The summed E-state index contributed by atoms with van der Waals surface area (Å²) in [5, 5.41) is 3.78. The highest BCUT2D eigenvalue weighted by Gasteiger charge is 2.08. The zero-order valence-corrected chi connectivity index (χ0v) is 11.4. The van der Waals surface area contributed by atoms with E-state index in [1.165, 1.54) is 18.1 Å². The van der Waals surface area contributed by atoms with Crippen molar-refractivity contribution in [1.29, 1.82) is 0 Å². The minimum atomic E-state index is -0.461. The van der Waals surface area contributed by atoms with Gasteiger partial charge in [-0.05, 0) is 17.7 Å². The predicted molar refractivity (Wildman–Crippen MR) is 72.0 cm³/mol. The lowest BCUT2D eigenvalue weighted by atomic mass is 10.1. The first-order chi connectivity index (χ1) is 10.1. The second kappa shape index (κ2) is 6.51. The van der Waals surface area contributed by atoms with Crippen LogP contribution in [0.4, 0.5) is 5.95 Å². The van der Waals surface area contributed by atoms with E-state index >= 15 is 0 Å². The quantitative estimate of drug-likeness (QED) is 0.793. The number of ether oxygens (including phenoxy) is 2. The third-order valence-corrected chi connectivity index (χ3v) is 2.62. The Hall–Kier alpha value is -2.90. The lowest BCUT2D eigenvalue weighted by Gasteiger charge is -2.05. The van der Waals surface area contributed by atoms with Crippen LogP contribution in [0.25, 0.3) is 0 Å². The van der Waals surface area contributed by atoms with Gasteiger partial charge in [-0.2, -0.15) is 0 Å². The molecule has 110 valence electrons. The van der Waals surface area contributed by atoms with Gasteiger partial charge < -0.3 is 15.2 Å². The van der Waals surface area contributed by atoms with Gasteiger partial charge in [0, 0.05) is 0 Å². The molecule has 0 aliphatic heterocycles. The van der Waals surface area contributed by atoms with Gasteiger partial charge in [-0.25, -0.2) is 14.5 Å². The first-order valence-corrected chi connectivity index (χ1v) is 6.06. The van der Waals surface area contributed by atoms with Gasteiger partial charge in [0.05, 0.1) is 12.7 Å². The Morgan fingerprint density at radius 1 is 1.29 bits per heavy atom. The summed E-state index contributed by atoms with van der Waals surface area (Å²) in [7, 11) is 1.31. The molecule has 0 amide bonds. The zero-order chi connectivity index (χ0) is 15.2. The molecule has 0 aliphatic carbocycles. The lowest BCUT2D eigenvalue weighted by molar-refractivity contribution is -0.145. The van der Waals surface area contributed by atoms with Crippen LogP contribution in [0.15, 0.2) is 30.6 Å².